The average molecular weight is 302 g/mol. The minimum Gasteiger partial charge on any atom is -0.392 e. The van der Waals surface area contributed by atoms with E-state index in [1.165, 1.54) is 6.07 Å². The minimum atomic E-state index is -0.222. The van der Waals surface area contributed by atoms with E-state index in [1.54, 1.807) is 30.6 Å². The number of aliphatic hydroxyl groups excluding tert-OH is 1. The van der Waals surface area contributed by atoms with Gasteiger partial charge in [-0.2, -0.15) is 0 Å². The van der Waals surface area contributed by atoms with Crippen molar-refractivity contribution < 1.29 is 9.50 Å². The van der Waals surface area contributed by atoms with Crippen molar-refractivity contribution in [1.82, 2.24) is 14.9 Å². The molecule has 2 heterocycles. The van der Waals surface area contributed by atoms with Crippen LogP contribution in [0, 0.1) is 5.82 Å². The second-order valence-corrected chi connectivity index (χ2v) is 5.52. The number of rotatable bonds is 5. The van der Waals surface area contributed by atoms with Crippen molar-refractivity contribution in [3.63, 3.8) is 0 Å². The number of likely N-dealkylation sites (tertiary alicyclic amines) is 1. The lowest BCUT2D eigenvalue weighted by molar-refractivity contribution is 0.280. The molecule has 0 aliphatic carbocycles. The van der Waals surface area contributed by atoms with Crippen molar-refractivity contribution in [2.45, 2.75) is 25.6 Å². The van der Waals surface area contributed by atoms with Gasteiger partial charge in [-0.25, -0.2) is 14.4 Å². The van der Waals surface area contributed by atoms with Crippen LogP contribution in [0.1, 0.15) is 17.5 Å². The third-order valence-electron chi connectivity index (χ3n) is 3.86. The summed E-state index contributed by atoms with van der Waals surface area (Å²) in [4.78, 5) is 10.5. The lowest BCUT2D eigenvalue weighted by Gasteiger charge is -2.17. The smallest absolute Gasteiger partial charge is 0.222 e. The molecule has 5 nitrogen and oxygen atoms in total. The van der Waals surface area contributed by atoms with Gasteiger partial charge in [0.2, 0.25) is 5.95 Å². The van der Waals surface area contributed by atoms with Gasteiger partial charge in [0.25, 0.3) is 0 Å². The molecule has 2 aromatic rings. The van der Waals surface area contributed by atoms with Gasteiger partial charge in [-0.15, -0.1) is 0 Å². The van der Waals surface area contributed by atoms with Gasteiger partial charge in [-0.1, -0.05) is 6.07 Å². The number of hydrogen-bond donors (Lipinski definition) is 2. The zero-order valence-electron chi connectivity index (χ0n) is 12.2. The maximum Gasteiger partial charge on any atom is 0.222 e. The first kappa shape index (κ1) is 14.9. The number of hydrogen-bond acceptors (Lipinski definition) is 5. The highest BCUT2D eigenvalue weighted by molar-refractivity contribution is 5.26. The summed E-state index contributed by atoms with van der Waals surface area (Å²) in [6.45, 7) is 2.20. The Balaban J connectivity index is 1.59. The van der Waals surface area contributed by atoms with Crippen LogP contribution < -0.4 is 5.32 Å². The van der Waals surface area contributed by atoms with Crippen LogP contribution in [0.4, 0.5) is 10.3 Å². The van der Waals surface area contributed by atoms with Crippen molar-refractivity contribution in [2.75, 3.05) is 18.4 Å². The van der Waals surface area contributed by atoms with Gasteiger partial charge in [0.1, 0.15) is 5.82 Å². The fourth-order valence-electron chi connectivity index (χ4n) is 2.74. The molecule has 1 aromatic heterocycles. The Morgan fingerprint density at radius 1 is 1.32 bits per heavy atom. The highest BCUT2D eigenvalue weighted by Gasteiger charge is 2.23. The van der Waals surface area contributed by atoms with Gasteiger partial charge in [0.05, 0.1) is 6.61 Å². The van der Waals surface area contributed by atoms with Crippen molar-refractivity contribution in [2.24, 2.45) is 0 Å². The first-order chi connectivity index (χ1) is 10.7. The maximum atomic E-state index is 13.9. The SMILES string of the molecule is OCc1ccc(F)c(CN2CCC(Nc3ncccn3)C2)c1. The normalized spacial score (nSPS) is 18.5. The van der Waals surface area contributed by atoms with Crippen LogP contribution in [0.2, 0.25) is 0 Å². The quantitative estimate of drug-likeness (QED) is 0.882. The highest BCUT2D eigenvalue weighted by Crippen LogP contribution is 2.18. The summed E-state index contributed by atoms with van der Waals surface area (Å²) in [5.41, 5.74) is 1.37. The van der Waals surface area contributed by atoms with Crippen molar-refractivity contribution >= 4 is 5.95 Å². The Bertz CT molecular complexity index is 623. The predicted octanol–water partition coefficient (Wildman–Crippen LogP) is 1.79. The van der Waals surface area contributed by atoms with Crippen LogP contribution in [-0.4, -0.2) is 39.1 Å². The van der Waals surface area contributed by atoms with Crippen molar-refractivity contribution in [3.8, 4) is 0 Å². The van der Waals surface area contributed by atoms with Gasteiger partial charge < -0.3 is 10.4 Å². The molecule has 1 aliphatic rings. The van der Waals surface area contributed by atoms with Gasteiger partial charge in [0.15, 0.2) is 0 Å². The molecular formula is C16H19FN4O. The summed E-state index contributed by atoms with van der Waals surface area (Å²) in [6, 6.07) is 6.82. The van der Waals surface area contributed by atoms with Crippen LogP contribution in [0.3, 0.4) is 0 Å². The largest absolute Gasteiger partial charge is 0.392 e. The molecule has 1 fully saturated rings. The van der Waals surface area contributed by atoms with E-state index in [0.717, 1.165) is 25.1 Å². The first-order valence-electron chi connectivity index (χ1n) is 7.38. The Kier molecular flexibility index (Phi) is 4.60. The van der Waals surface area contributed by atoms with E-state index in [4.69, 9.17) is 5.11 Å². The summed E-state index contributed by atoms with van der Waals surface area (Å²) in [6.07, 6.45) is 4.38. The third kappa shape index (κ3) is 3.58. The van der Waals surface area contributed by atoms with Crippen molar-refractivity contribution in [1.29, 1.82) is 0 Å². The topological polar surface area (TPSA) is 61.3 Å². The molecule has 1 aromatic carbocycles. The predicted molar refractivity (Wildman–Crippen MR) is 81.7 cm³/mol. The van der Waals surface area contributed by atoms with Crippen LogP contribution in [0.25, 0.3) is 0 Å². The van der Waals surface area contributed by atoms with Gasteiger partial charge >= 0.3 is 0 Å². The zero-order valence-corrected chi connectivity index (χ0v) is 12.2. The fourth-order valence-corrected chi connectivity index (χ4v) is 2.74. The Morgan fingerprint density at radius 3 is 2.91 bits per heavy atom. The van der Waals surface area contributed by atoms with Crippen LogP contribution >= 0.6 is 0 Å². The lowest BCUT2D eigenvalue weighted by atomic mass is 10.1. The Morgan fingerprint density at radius 2 is 2.14 bits per heavy atom. The number of halogens is 1. The van der Waals surface area contributed by atoms with E-state index < -0.39 is 0 Å². The molecule has 1 unspecified atom stereocenters. The van der Waals surface area contributed by atoms with E-state index in [2.05, 4.69) is 20.2 Å². The van der Waals surface area contributed by atoms with Gasteiger partial charge in [0, 0.05) is 43.6 Å². The van der Waals surface area contributed by atoms with Crippen molar-refractivity contribution in [3.05, 3.63) is 53.6 Å². The summed E-state index contributed by atoms with van der Waals surface area (Å²) >= 11 is 0. The summed E-state index contributed by atoms with van der Waals surface area (Å²) < 4.78 is 13.9. The van der Waals surface area contributed by atoms with Crippen LogP contribution in [0.5, 0.6) is 0 Å². The molecule has 116 valence electrons. The lowest BCUT2D eigenvalue weighted by Crippen LogP contribution is -2.27. The van der Waals surface area contributed by atoms with Crippen LogP contribution in [0.15, 0.2) is 36.7 Å². The molecule has 0 amide bonds. The Hall–Kier alpha value is -2.05. The fraction of sp³-hybridized carbons (Fsp3) is 0.375. The molecule has 6 heteroatoms. The molecule has 0 bridgehead atoms. The number of aliphatic hydroxyl groups is 1. The van der Waals surface area contributed by atoms with E-state index in [9.17, 15) is 4.39 Å². The average Bonchev–Trinajstić information content (AvgIpc) is 2.97. The standard InChI is InChI=1S/C16H19FN4O/c17-15-3-2-12(11-22)8-13(15)9-21-7-4-14(10-21)20-16-18-5-1-6-19-16/h1-3,5-6,8,14,22H,4,7,9-11H2,(H,18,19,20). The third-order valence-corrected chi connectivity index (χ3v) is 3.86. The summed E-state index contributed by atoms with van der Waals surface area (Å²) in [7, 11) is 0. The second-order valence-electron chi connectivity index (χ2n) is 5.52. The summed E-state index contributed by atoms with van der Waals surface area (Å²) in [5, 5.41) is 12.5. The first-order valence-corrected chi connectivity index (χ1v) is 7.38. The molecule has 3 rings (SSSR count). The molecule has 2 N–H and O–H groups in total. The number of benzene rings is 1. The molecule has 0 radical (unpaired) electrons. The van der Waals surface area contributed by atoms with E-state index in [1.807, 2.05) is 0 Å². The molecule has 22 heavy (non-hydrogen) atoms. The Labute approximate surface area is 128 Å². The maximum absolute atomic E-state index is 13.9. The van der Waals surface area contributed by atoms with Gasteiger partial charge in [-0.3, -0.25) is 4.90 Å². The van der Waals surface area contributed by atoms with E-state index >= 15 is 0 Å². The monoisotopic (exact) mass is 302 g/mol. The highest BCUT2D eigenvalue weighted by atomic mass is 19.1. The molecule has 1 atom stereocenters. The van der Waals surface area contributed by atoms with Crippen LogP contribution in [-0.2, 0) is 13.2 Å². The number of nitrogens with one attached hydrogen (secondary N) is 1. The molecule has 0 spiro atoms. The number of aromatic nitrogens is 2. The molecular weight excluding hydrogens is 283 g/mol. The molecule has 0 saturated carbocycles. The minimum absolute atomic E-state index is 0.0667. The molecule has 1 saturated heterocycles. The number of nitrogens with zero attached hydrogens (tertiary/aromatic N) is 3. The second kappa shape index (κ2) is 6.81. The zero-order chi connectivity index (χ0) is 15.4. The van der Waals surface area contributed by atoms with E-state index in [0.29, 0.717) is 18.1 Å². The van der Waals surface area contributed by atoms with Gasteiger partial charge in [-0.05, 0) is 30.2 Å². The summed E-state index contributed by atoms with van der Waals surface area (Å²) in [5.74, 6) is 0.405. The van der Waals surface area contributed by atoms with E-state index in [-0.39, 0.29) is 18.5 Å². The molecule has 1 aliphatic heterocycles. The number of anilines is 1.